The van der Waals surface area contributed by atoms with Crippen LogP contribution < -0.4 is 19.5 Å². The van der Waals surface area contributed by atoms with Crippen molar-refractivity contribution in [3.8, 4) is 11.5 Å². The number of fused-ring (bicyclic) bond motifs is 3. The van der Waals surface area contributed by atoms with Gasteiger partial charge in [-0.3, -0.25) is 24.1 Å². The van der Waals surface area contributed by atoms with E-state index in [1.165, 1.54) is 37.1 Å². The Kier molecular flexibility index (Phi) is 10.7. The summed E-state index contributed by atoms with van der Waals surface area (Å²) in [7, 11) is -0.400. The summed E-state index contributed by atoms with van der Waals surface area (Å²) >= 11 is 1.84. The Morgan fingerprint density at radius 2 is 1.82 bits per heavy atom. The molecule has 3 heterocycles. The molecule has 1 aromatic carbocycles. The van der Waals surface area contributed by atoms with Crippen LogP contribution in [0.15, 0.2) is 35.3 Å². The molecule has 2 aromatic rings. The molecule has 6 aliphatic rings. The largest absolute Gasteiger partial charge is 0.496 e. The van der Waals surface area contributed by atoms with Gasteiger partial charge in [-0.1, -0.05) is 31.4 Å². The van der Waals surface area contributed by atoms with Gasteiger partial charge in [-0.05, 0) is 83.3 Å². The Morgan fingerprint density at radius 1 is 1.04 bits per heavy atom. The van der Waals surface area contributed by atoms with Crippen LogP contribution in [0.4, 0.5) is 0 Å². The highest BCUT2D eigenvalue weighted by atomic mass is 32.2. The van der Waals surface area contributed by atoms with Gasteiger partial charge in [0.25, 0.3) is 5.91 Å². The van der Waals surface area contributed by atoms with Gasteiger partial charge in [-0.25, -0.2) is 13.4 Å². The van der Waals surface area contributed by atoms with Crippen molar-refractivity contribution in [1.82, 2.24) is 19.9 Å². The van der Waals surface area contributed by atoms with Crippen LogP contribution in [0.3, 0.4) is 0 Å². The van der Waals surface area contributed by atoms with Crippen LogP contribution in [0.2, 0.25) is 0 Å². The van der Waals surface area contributed by atoms with E-state index in [1.807, 2.05) is 49.0 Å². The van der Waals surface area contributed by atoms with Crippen molar-refractivity contribution in [2.75, 3.05) is 26.5 Å². The molecular weight excluding hydrogens is 739 g/mol. The van der Waals surface area contributed by atoms with Crippen molar-refractivity contribution in [1.29, 1.82) is 0 Å². The fourth-order valence-corrected chi connectivity index (χ4v) is 11.7. The third kappa shape index (κ3) is 7.74. The number of aryl methyl sites for hydroxylation is 1. The van der Waals surface area contributed by atoms with Gasteiger partial charge in [0.05, 0.1) is 40.4 Å². The molecule has 0 saturated heterocycles. The average molecular weight is 792 g/mol. The summed E-state index contributed by atoms with van der Waals surface area (Å²) in [5.74, 6) is -0.377. The Labute approximate surface area is 328 Å². The van der Waals surface area contributed by atoms with Crippen molar-refractivity contribution in [3.05, 3.63) is 41.6 Å². The molecular formula is C41H53N5O7S2. The molecule has 8 rings (SSSR count). The van der Waals surface area contributed by atoms with Gasteiger partial charge < -0.3 is 19.7 Å². The van der Waals surface area contributed by atoms with Gasteiger partial charge >= 0.3 is 0 Å². The molecule has 0 radical (unpaired) electrons. The van der Waals surface area contributed by atoms with E-state index in [0.29, 0.717) is 43.9 Å². The lowest BCUT2D eigenvalue weighted by atomic mass is 9.90. The molecule has 12 nitrogen and oxygen atoms in total. The third-order valence-electron chi connectivity index (χ3n) is 12.6. The smallest absolute Gasteiger partial charge is 0.259 e. The molecule has 6 atom stereocenters. The molecule has 1 aromatic heterocycles. The molecule has 0 bridgehead atoms. The lowest BCUT2D eigenvalue weighted by Gasteiger charge is -2.26. The lowest BCUT2D eigenvalue weighted by molar-refractivity contribution is -0.140. The number of ether oxygens (including phenoxy) is 2. The summed E-state index contributed by atoms with van der Waals surface area (Å²) in [5, 5.41) is 4.46. The van der Waals surface area contributed by atoms with Crippen molar-refractivity contribution in [3.63, 3.8) is 0 Å². The minimum absolute atomic E-state index is 0.112. The monoisotopic (exact) mass is 791 g/mol. The summed E-state index contributed by atoms with van der Waals surface area (Å²) in [6.07, 6.45) is 13.9. The topological polar surface area (TPSA) is 156 Å². The van der Waals surface area contributed by atoms with Crippen molar-refractivity contribution >= 4 is 55.5 Å². The second-order valence-electron chi connectivity index (χ2n) is 16.5. The van der Waals surface area contributed by atoms with Crippen molar-refractivity contribution in [2.45, 2.75) is 113 Å². The number of hydrogen-bond acceptors (Lipinski definition) is 10. The predicted molar refractivity (Wildman–Crippen MR) is 213 cm³/mol. The van der Waals surface area contributed by atoms with Crippen LogP contribution in [0.5, 0.6) is 11.5 Å². The first-order valence-electron chi connectivity index (χ1n) is 20.1. The zero-order valence-electron chi connectivity index (χ0n) is 32.1. The molecule has 55 heavy (non-hydrogen) atoms. The Bertz CT molecular complexity index is 2030. The lowest BCUT2D eigenvalue weighted by Crippen LogP contribution is -2.54. The quantitative estimate of drug-likeness (QED) is 0.317. The molecule has 0 spiro atoms. The number of nitrogens with zero attached hydrogens (tertiary/aromatic N) is 3. The minimum atomic E-state index is -3.83. The molecule has 296 valence electrons. The number of hydrogen-bond donors (Lipinski definition) is 2. The summed E-state index contributed by atoms with van der Waals surface area (Å²) in [5.41, 5.74) is 1.10. The normalized spacial score (nSPS) is 31.1. The zero-order valence-corrected chi connectivity index (χ0v) is 33.7. The van der Waals surface area contributed by atoms with Crippen LogP contribution in [0.1, 0.15) is 101 Å². The van der Waals surface area contributed by atoms with E-state index in [-0.39, 0.29) is 24.3 Å². The van der Waals surface area contributed by atoms with E-state index in [0.717, 1.165) is 52.9 Å². The zero-order chi connectivity index (χ0) is 38.5. The Morgan fingerprint density at radius 3 is 2.58 bits per heavy atom. The van der Waals surface area contributed by atoms with Crippen LogP contribution >= 0.6 is 11.8 Å². The maximum Gasteiger partial charge on any atom is 0.259 e. The number of sulfonamides is 1. The fourth-order valence-electron chi connectivity index (χ4n) is 9.08. The minimum Gasteiger partial charge on any atom is -0.496 e. The number of aliphatic imine (C=N–C) groups is 1. The first-order chi connectivity index (χ1) is 26.5. The first kappa shape index (κ1) is 38.2. The van der Waals surface area contributed by atoms with Crippen molar-refractivity contribution in [2.24, 2.45) is 28.7 Å². The van der Waals surface area contributed by atoms with E-state index in [9.17, 15) is 22.8 Å². The SMILES string of the molecule is COc1ccc2c(O[C@@H]3C[C@H]4C(=O)N[C@]5(C(=O)NS(=O)(=O)C6CC6)C[C@@H]5/C=C\CCCCN(C)C(=O)[C@@H]4C3)cc(C3CSC(C4CCCCC4)=N3)nc2c1C. The second-order valence-corrected chi connectivity index (χ2v) is 19.5. The number of carbonyl (C=O) groups is 3. The van der Waals surface area contributed by atoms with Crippen LogP contribution in [-0.4, -0.2) is 84.4 Å². The molecule has 1 unspecified atom stereocenters. The van der Waals surface area contributed by atoms with Gasteiger partial charge in [0, 0.05) is 48.2 Å². The molecule has 14 heteroatoms. The molecule has 4 fully saturated rings. The number of aromatic nitrogens is 1. The molecule has 3 amide bonds. The highest BCUT2D eigenvalue weighted by molar-refractivity contribution is 8.14. The molecule has 4 aliphatic carbocycles. The maximum absolute atomic E-state index is 14.4. The first-order valence-corrected chi connectivity index (χ1v) is 22.7. The number of nitrogens with one attached hydrogen (secondary N) is 2. The van der Waals surface area contributed by atoms with Crippen LogP contribution in [0.25, 0.3) is 10.9 Å². The maximum atomic E-state index is 14.4. The summed E-state index contributed by atoms with van der Waals surface area (Å²) in [6.45, 7) is 2.56. The number of carbonyl (C=O) groups excluding carboxylic acids is 3. The fraction of sp³-hybridized carbons (Fsp3) is 0.634. The van der Waals surface area contributed by atoms with E-state index in [1.54, 1.807) is 19.1 Å². The highest BCUT2D eigenvalue weighted by Gasteiger charge is 2.62. The van der Waals surface area contributed by atoms with E-state index >= 15 is 0 Å². The van der Waals surface area contributed by atoms with Gasteiger partial charge in [0.2, 0.25) is 21.8 Å². The van der Waals surface area contributed by atoms with E-state index in [2.05, 4.69) is 10.0 Å². The second kappa shape index (κ2) is 15.4. The summed E-state index contributed by atoms with van der Waals surface area (Å²) in [6, 6.07) is 5.73. The number of pyridine rings is 1. The number of allylic oxidation sites excluding steroid dienone is 1. The van der Waals surface area contributed by atoms with Gasteiger partial charge in [0.15, 0.2) is 0 Å². The number of rotatable bonds is 8. The van der Waals surface area contributed by atoms with Gasteiger partial charge in [-0.2, -0.15) is 0 Å². The van der Waals surface area contributed by atoms with Gasteiger partial charge in [-0.15, -0.1) is 11.8 Å². The number of amides is 3. The summed E-state index contributed by atoms with van der Waals surface area (Å²) < 4.78 is 40.5. The Balaban J connectivity index is 1.09. The Hall–Kier alpha value is -3.65. The standard InChI is InChI=1S/C41H53N5O7S2/c1-24-34(52-3)17-16-29-35(21-32(42-36(24)29)33-23-54-38(43-33)25-11-7-6-8-12-25)53-27-19-30-31(20-27)39(48)46(2)18-10-5-4-9-13-26-22-41(26,44-37(30)47)40(49)45-55(50,51)28-14-15-28/h9,13,16-17,21,25-28,30-31,33H,4-8,10-12,14-15,18-20,22-23H2,1-3H3,(H,44,47)(H,45,49)/b13-9-/t26-,27+,30+,31+,33?,41+/m0/s1. The number of methoxy groups -OCH3 is 1. The number of benzene rings is 1. The molecule has 2 aliphatic heterocycles. The summed E-state index contributed by atoms with van der Waals surface area (Å²) in [4.78, 5) is 54.2. The average Bonchev–Trinajstić information content (AvgIpc) is 4.06. The van der Waals surface area contributed by atoms with E-state index in [4.69, 9.17) is 19.5 Å². The molecule has 4 saturated carbocycles. The van der Waals surface area contributed by atoms with Gasteiger partial charge in [0.1, 0.15) is 29.2 Å². The van der Waals surface area contributed by atoms with E-state index < -0.39 is 50.6 Å². The third-order valence-corrected chi connectivity index (χ3v) is 15.7. The predicted octanol–water partition coefficient (Wildman–Crippen LogP) is 5.77. The molecule has 2 N–H and O–H groups in total. The highest BCUT2D eigenvalue weighted by Crippen LogP contribution is 2.48. The van der Waals surface area contributed by atoms with Crippen LogP contribution in [-0.2, 0) is 24.4 Å². The number of thioether (sulfide) groups is 1. The van der Waals surface area contributed by atoms with Crippen LogP contribution in [0, 0.1) is 30.6 Å². The van der Waals surface area contributed by atoms with Crippen molar-refractivity contribution < 1.29 is 32.3 Å².